The van der Waals surface area contributed by atoms with Gasteiger partial charge in [-0.3, -0.25) is 14.3 Å². The average Bonchev–Trinajstić information content (AvgIpc) is 3.67. The number of carbonyl (C=O) groups excluding carboxylic acids is 2. The highest BCUT2D eigenvalue weighted by Gasteiger charge is 2.31. The van der Waals surface area contributed by atoms with E-state index in [1.807, 2.05) is 0 Å². The molecular weight excluding hydrogens is 454 g/mol. The van der Waals surface area contributed by atoms with Gasteiger partial charge in [0.05, 0.1) is 17.9 Å². The predicted molar refractivity (Wildman–Crippen MR) is 129 cm³/mol. The van der Waals surface area contributed by atoms with Gasteiger partial charge < -0.3 is 15.0 Å². The molecule has 9 heteroatoms. The Morgan fingerprint density at radius 2 is 1.82 bits per heavy atom. The topological polar surface area (TPSA) is 105 Å². The molecule has 1 heterocycles. The molecule has 0 radical (unpaired) electrons. The van der Waals surface area contributed by atoms with Crippen LogP contribution in [0.4, 0.5) is 5.69 Å². The molecule has 2 aromatic rings. The number of nitrogens with one attached hydrogen (secondary N) is 2. The third kappa shape index (κ3) is 5.70. The minimum Gasteiger partial charge on any atom is -0.497 e. The normalized spacial score (nSPS) is 18.3. The van der Waals surface area contributed by atoms with E-state index < -0.39 is 10.0 Å². The smallest absolute Gasteiger partial charge is 0.261 e. The molecule has 1 saturated carbocycles. The zero-order chi connectivity index (χ0) is 24.3. The van der Waals surface area contributed by atoms with Crippen molar-refractivity contribution < 1.29 is 22.7 Å². The van der Waals surface area contributed by atoms with Crippen molar-refractivity contribution in [1.82, 2.24) is 10.2 Å². The Morgan fingerprint density at radius 3 is 2.50 bits per heavy atom. The van der Waals surface area contributed by atoms with E-state index in [2.05, 4.69) is 10.0 Å². The number of carbonyl (C=O) groups is 2. The van der Waals surface area contributed by atoms with Crippen LogP contribution >= 0.6 is 0 Å². The summed E-state index contributed by atoms with van der Waals surface area (Å²) in [7, 11) is -2.36. The first-order valence-corrected chi connectivity index (χ1v) is 13.1. The van der Waals surface area contributed by atoms with Crippen LogP contribution in [-0.4, -0.2) is 51.9 Å². The van der Waals surface area contributed by atoms with Gasteiger partial charge in [-0.25, -0.2) is 8.42 Å². The number of ether oxygens (including phenoxy) is 1. The third-order valence-corrected chi connectivity index (χ3v) is 7.81. The maximum Gasteiger partial charge on any atom is 0.261 e. The minimum absolute atomic E-state index is 0.00106. The van der Waals surface area contributed by atoms with Crippen molar-refractivity contribution >= 4 is 27.5 Å². The van der Waals surface area contributed by atoms with Gasteiger partial charge in [0.25, 0.3) is 15.9 Å². The van der Waals surface area contributed by atoms with E-state index in [0.717, 1.165) is 12.8 Å². The average molecular weight is 486 g/mol. The van der Waals surface area contributed by atoms with Crippen LogP contribution in [0.25, 0.3) is 0 Å². The van der Waals surface area contributed by atoms with Crippen LogP contribution in [0.5, 0.6) is 5.75 Å². The summed E-state index contributed by atoms with van der Waals surface area (Å²) in [4.78, 5) is 27.6. The van der Waals surface area contributed by atoms with E-state index in [1.54, 1.807) is 42.2 Å². The lowest BCUT2D eigenvalue weighted by molar-refractivity contribution is -0.126. The molecule has 0 spiro atoms. The number of amides is 2. The number of benzene rings is 2. The maximum atomic E-state index is 13.3. The molecule has 1 saturated heterocycles. The van der Waals surface area contributed by atoms with E-state index >= 15 is 0 Å². The van der Waals surface area contributed by atoms with Crippen molar-refractivity contribution in [3.05, 3.63) is 53.6 Å². The van der Waals surface area contributed by atoms with Crippen LogP contribution in [0.2, 0.25) is 0 Å². The fourth-order valence-electron chi connectivity index (χ4n) is 4.13. The second-order valence-electron chi connectivity index (χ2n) is 9.09. The summed E-state index contributed by atoms with van der Waals surface area (Å²) >= 11 is 0. The molecular formula is C25H31N3O5S. The van der Waals surface area contributed by atoms with Gasteiger partial charge in [-0.2, -0.15) is 0 Å². The number of nitrogens with zero attached hydrogens (tertiary/aromatic N) is 1. The lowest BCUT2D eigenvalue weighted by Gasteiger charge is -2.32. The minimum atomic E-state index is -3.90. The van der Waals surface area contributed by atoms with Crippen LogP contribution in [0.1, 0.15) is 41.6 Å². The van der Waals surface area contributed by atoms with E-state index in [4.69, 9.17) is 4.74 Å². The molecule has 0 aromatic heterocycles. The molecule has 4 rings (SSSR count). The van der Waals surface area contributed by atoms with Crippen molar-refractivity contribution in [3.63, 3.8) is 0 Å². The quantitative estimate of drug-likeness (QED) is 0.598. The highest BCUT2D eigenvalue weighted by Crippen LogP contribution is 2.28. The van der Waals surface area contributed by atoms with Crippen molar-refractivity contribution in [2.24, 2.45) is 11.8 Å². The van der Waals surface area contributed by atoms with Gasteiger partial charge in [-0.05, 0) is 80.5 Å². The molecule has 34 heavy (non-hydrogen) atoms. The largest absolute Gasteiger partial charge is 0.497 e. The molecule has 1 atom stereocenters. The van der Waals surface area contributed by atoms with Crippen molar-refractivity contribution in [2.75, 3.05) is 31.5 Å². The summed E-state index contributed by atoms with van der Waals surface area (Å²) in [6.45, 7) is 3.38. The summed E-state index contributed by atoms with van der Waals surface area (Å²) in [5.74, 6) is 0.733. The van der Waals surface area contributed by atoms with Gasteiger partial charge in [-0.15, -0.1) is 0 Å². The number of hydrogen-bond acceptors (Lipinski definition) is 5. The first kappa shape index (κ1) is 24.1. The predicted octanol–water partition coefficient (Wildman–Crippen LogP) is 3.18. The Balaban J connectivity index is 1.47. The van der Waals surface area contributed by atoms with Crippen LogP contribution in [0, 0.1) is 18.8 Å². The number of sulfonamides is 1. The first-order chi connectivity index (χ1) is 16.3. The van der Waals surface area contributed by atoms with Crippen LogP contribution in [0.15, 0.2) is 47.4 Å². The molecule has 0 bridgehead atoms. The summed E-state index contributed by atoms with van der Waals surface area (Å²) in [5, 5.41) is 3.01. The highest BCUT2D eigenvalue weighted by atomic mass is 32.2. The molecule has 2 aliphatic rings. The van der Waals surface area contributed by atoms with Crippen LogP contribution < -0.4 is 14.8 Å². The summed E-state index contributed by atoms with van der Waals surface area (Å²) in [6, 6.07) is 11.1. The summed E-state index contributed by atoms with van der Waals surface area (Å²) in [6.07, 6.45) is 3.82. The third-order valence-electron chi connectivity index (χ3n) is 6.43. The first-order valence-electron chi connectivity index (χ1n) is 11.6. The Morgan fingerprint density at radius 1 is 1.09 bits per heavy atom. The molecule has 2 amide bonds. The van der Waals surface area contributed by atoms with Crippen molar-refractivity contribution in [2.45, 2.75) is 37.5 Å². The molecule has 182 valence electrons. The van der Waals surface area contributed by atoms with E-state index in [-0.39, 0.29) is 22.6 Å². The summed E-state index contributed by atoms with van der Waals surface area (Å²) in [5.41, 5.74) is 1.41. The van der Waals surface area contributed by atoms with Gasteiger partial charge in [0, 0.05) is 30.9 Å². The monoisotopic (exact) mass is 485 g/mol. The Bertz CT molecular complexity index is 1160. The second-order valence-corrected chi connectivity index (χ2v) is 10.8. The Kier molecular flexibility index (Phi) is 7.11. The maximum absolute atomic E-state index is 13.3. The summed E-state index contributed by atoms with van der Waals surface area (Å²) < 4.78 is 33.6. The van der Waals surface area contributed by atoms with Crippen molar-refractivity contribution in [1.29, 1.82) is 0 Å². The molecule has 8 nitrogen and oxygen atoms in total. The van der Waals surface area contributed by atoms with E-state index in [9.17, 15) is 18.0 Å². The molecule has 1 unspecified atom stereocenters. The fraction of sp³-hybridized carbons (Fsp3) is 0.440. The standard InChI is InChI=1S/C25H31N3O5S/c1-17-5-12-22(34(31,32)27-20-8-10-21(33-2)11-9-20)14-23(17)25(30)28-13-3-4-19(16-28)24(29)26-15-18-6-7-18/h5,8-12,14,18-19,27H,3-4,6-7,13,15-16H2,1-2H3,(H,26,29). The van der Waals surface area contributed by atoms with Gasteiger partial charge in [0.15, 0.2) is 0 Å². The SMILES string of the molecule is COc1ccc(NS(=O)(=O)c2ccc(C)c(C(=O)N3CCCC(C(=O)NCC4CC4)C3)c2)cc1. The number of likely N-dealkylation sites (tertiary alicyclic amines) is 1. The number of methoxy groups -OCH3 is 1. The van der Waals surface area contributed by atoms with Crippen LogP contribution in [0.3, 0.4) is 0 Å². The van der Waals surface area contributed by atoms with Gasteiger partial charge >= 0.3 is 0 Å². The molecule has 2 N–H and O–H groups in total. The fourth-order valence-corrected chi connectivity index (χ4v) is 5.21. The number of piperidine rings is 1. The Labute approximate surface area is 200 Å². The van der Waals surface area contributed by atoms with E-state index in [1.165, 1.54) is 32.1 Å². The highest BCUT2D eigenvalue weighted by molar-refractivity contribution is 7.92. The zero-order valence-electron chi connectivity index (χ0n) is 19.5. The van der Waals surface area contributed by atoms with E-state index in [0.29, 0.717) is 48.1 Å². The van der Waals surface area contributed by atoms with Crippen molar-refractivity contribution in [3.8, 4) is 5.75 Å². The second kappa shape index (κ2) is 10.0. The van der Waals surface area contributed by atoms with Gasteiger partial charge in [0.1, 0.15) is 5.75 Å². The zero-order valence-corrected chi connectivity index (χ0v) is 20.4. The number of hydrogen-bond donors (Lipinski definition) is 2. The number of aryl methyl sites for hydroxylation is 1. The number of anilines is 1. The molecule has 1 aliphatic heterocycles. The lowest BCUT2D eigenvalue weighted by atomic mass is 9.96. The van der Waals surface area contributed by atoms with Gasteiger partial charge in [-0.1, -0.05) is 6.07 Å². The van der Waals surface area contributed by atoms with Crippen LogP contribution in [-0.2, 0) is 14.8 Å². The molecule has 2 aromatic carbocycles. The lowest BCUT2D eigenvalue weighted by Crippen LogP contribution is -2.46. The molecule has 1 aliphatic carbocycles. The number of rotatable bonds is 8. The Hall–Kier alpha value is -3.07. The van der Waals surface area contributed by atoms with Gasteiger partial charge in [0.2, 0.25) is 5.91 Å². The molecule has 2 fully saturated rings.